The molecule has 0 aliphatic carbocycles. The zero-order chi connectivity index (χ0) is 9.84. The first kappa shape index (κ1) is 10.2. The smallest absolute Gasteiger partial charge is 0.131 e. The third-order valence-corrected chi connectivity index (χ3v) is 2.39. The lowest BCUT2D eigenvalue weighted by atomic mass is 10.1. The fourth-order valence-corrected chi connectivity index (χ4v) is 1.81. The summed E-state index contributed by atoms with van der Waals surface area (Å²) in [7, 11) is 0. The van der Waals surface area contributed by atoms with Gasteiger partial charge in [-0.05, 0) is 24.6 Å². The Balaban J connectivity index is 3.27. The first-order valence-corrected chi connectivity index (χ1v) is 4.70. The lowest BCUT2D eigenvalue weighted by molar-refractivity contribution is 0.623. The van der Waals surface area contributed by atoms with Crippen LogP contribution < -0.4 is 0 Å². The van der Waals surface area contributed by atoms with Gasteiger partial charge >= 0.3 is 0 Å². The molecule has 0 aliphatic heterocycles. The Bertz CT molecular complexity index is 333. The van der Waals surface area contributed by atoms with Crippen molar-refractivity contribution in [3.63, 3.8) is 0 Å². The van der Waals surface area contributed by atoms with Gasteiger partial charge in [-0.1, -0.05) is 40.7 Å². The van der Waals surface area contributed by atoms with Crippen LogP contribution in [-0.2, 0) is 0 Å². The SMILES string of the molecule is C=C/C=C(/Br)c1c(C)cccc1F. The molecule has 0 saturated carbocycles. The highest BCUT2D eigenvalue weighted by Crippen LogP contribution is 2.26. The maximum atomic E-state index is 13.3. The molecule has 0 radical (unpaired) electrons. The molecule has 0 N–H and O–H groups in total. The van der Waals surface area contributed by atoms with Crippen molar-refractivity contribution in [3.8, 4) is 0 Å². The fraction of sp³-hybridized carbons (Fsp3) is 0.0909. The molecule has 1 aromatic carbocycles. The van der Waals surface area contributed by atoms with Gasteiger partial charge in [0.25, 0.3) is 0 Å². The molecular formula is C11H10BrF. The Labute approximate surface area is 85.9 Å². The summed E-state index contributed by atoms with van der Waals surface area (Å²) in [5.41, 5.74) is 1.51. The Kier molecular flexibility index (Phi) is 3.43. The van der Waals surface area contributed by atoms with E-state index in [4.69, 9.17) is 0 Å². The Morgan fingerprint density at radius 2 is 2.23 bits per heavy atom. The second-order valence-electron chi connectivity index (χ2n) is 2.68. The van der Waals surface area contributed by atoms with Gasteiger partial charge in [-0.2, -0.15) is 0 Å². The summed E-state index contributed by atoms with van der Waals surface area (Å²) in [5.74, 6) is -0.218. The molecule has 0 saturated heterocycles. The molecule has 1 rings (SSSR count). The summed E-state index contributed by atoms with van der Waals surface area (Å²) < 4.78 is 14.0. The van der Waals surface area contributed by atoms with Gasteiger partial charge in [-0.15, -0.1) is 0 Å². The second kappa shape index (κ2) is 4.38. The lowest BCUT2D eigenvalue weighted by Crippen LogP contribution is -1.88. The van der Waals surface area contributed by atoms with Crippen molar-refractivity contribution < 1.29 is 4.39 Å². The van der Waals surface area contributed by atoms with Crippen molar-refractivity contribution in [2.75, 3.05) is 0 Å². The minimum absolute atomic E-state index is 0.218. The van der Waals surface area contributed by atoms with Crippen LogP contribution in [0, 0.1) is 12.7 Å². The summed E-state index contributed by atoms with van der Waals surface area (Å²) in [6.45, 7) is 5.43. The molecule has 0 heterocycles. The third kappa shape index (κ3) is 2.28. The summed E-state index contributed by atoms with van der Waals surface area (Å²) in [6, 6.07) is 5.01. The van der Waals surface area contributed by atoms with Crippen LogP contribution in [-0.4, -0.2) is 0 Å². The molecule has 0 nitrogen and oxygen atoms in total. The van der Waals surface area contributed by atoms with E-state index in [9.17, 15) is 4.39 Å². The van der Waals surface area contributed by atoms with E-state index in [0.717, 1.165) is 10.0 Å². The summed E-state index contributed by atoms with van der Waals surface area (Å²) >= 11 is 3.30. The fourth-order valence-electron chi connectivity index (χ4n) is 1.12. The number of halogens is 2. The average molecular weight is 241 g/mol. The Morgan fingerprint density at radius 3 is 2.77 bits per heavy atom. The van der Waals surface area contributed by atoms with Crippen LogP contribution in [0.1, 0.15) is 11.1 Å². The number of aryl methyl sites for hydroxylation is 1. The van der Waals surface area contributed by atoms with Crippen molar-refractivity contribution >= 4 is 20.4 Å². The van der Waals surface area contributed by atoms with E-state index >= 15 is 0 Å². The Hall–Kier alpha value is -0.890. The average Bonchev–Trinajstić information content (AvgIpc) is 2.04. The third-order valence-electron chi connectivity index (χ3n) is 1.72. The topological polar surface area (TPSA) is 0 Å². The largest absolute Gasteiger partial charge is 0.206 e. The predicted octanol–water partition coefficient (Wildman–Crippen LogP) is 4.06. The molecule has 0 aliphatic rings. The minimum Gasteiger partial charge on any atom is -0.206 e. The van der Waals surface area contributed by atoms with Crippen LogP contribution in [0.5, 0.6) is 0 Å². The lowest BCUT2D eigenvalue weighted by Gasteiger charge is -2.04. The first-order chi connectivity index (χ1) is 6.16. The van der Waals surface area contributed by atoms with Gasteiger partial charge in [0, 0.05) is 10.0 Å². The number of hydrogen-bond donors (Lipinski definition) is 0. The molecule has 68 valence electrons. The van der Waals surface area contributed by atoms with E-state index in [1.807, 2.05) is 13.0 Å². The van der Waals surface area contributed by atoms with E-state index in [1.54, 1.807) is 18.2 Å². The van der Waals surface area contributed by atoms with E-state index in [2.05, 4.69) is 22.5 Å². The van der Waals surface area contributed by atoms with Gasteiger partial charge < -0.3 is 0 Å². The molecule has 0 atom stereocenters. The number of rotatable bonds is 2. The summed E-state index contributed by atoms with van der Waals surface area (Å²) in [4.78, 5) is 0. The maximum absolute atomic E-state index is 13.3. The zero-order valence-corrected chi connectivity index (χ0v) is 8.94. The number of allylic oxidation sites excluding steroid dienone is 2. The molecule has 0 fully saturated rings. The van der Waals surface area contributed by atoms with Crippen LogP contribution in [0.4, 0.5) is 4.39 Å². The molecule has 0 spiro atoms. The van der Waals surface area contributed by atoms with Crippen molar-refractivity contribution in [1.29, 1.82) is 0 Å². The van der Waals surface area contributed by atoms with Gasteiger partial charge in [-0.25, -0.2) is 4.39 Å². The van der Waals surface area contributed by atoms with E-state index in [1.165, 1.54) is 6.07 Å². The molecule has 0 unspecified atom stereocenters. The molecule has 0 bridgehead atoms. The van der Waals surface area contributed by atoms with Gasteiger partial charge in [0.05, 0.1) is 0 Å². The zero-order valence-electron chi connectivity index (χ0n) is 7.35. The van der Waals surface area contributed by atoms with E-state index in [0.29, 0.717) is 5.56 Å². The highest BCUT2D eigenvalue weighted by Gasteiger charge is 2.06. The van der Waals surface area contributed by atoms with E-state index in [-0.39, 0.29) is 5.82 Å². The van der Waals surface area contributed by atoms with E-state index < -0.39 is 0 Å². The maximum Gasteiger partial charge on any atom is 0.131 e. The van der Waals surface area contributed by atoms with Crippen molar-refractivity contribution in [3.05, 3.63) is 53.9 Å². The molecule has 1 aromatic rings. The van der Waals surface area contributed by atoms with Crippen LogP contribution in [0.3, 0.4) is 0 Å². The van der Waals surface area contributed by atoms with Crippen molar-refractivity contribution in [2.45, 2.75) is 6.92 Å². The molecule has 2 heteroatoms. The Morgan fingerprint density at radius 1 is 1.54 bits per heavy atom. The summed E-state index contributed by atoms with van der Waals surface area (Å²) in [6.07, 6.45) is 3.35. The van der Waals surface area contributed by atoms with Crippen molar-refractivity contribution in [2.24, 2.45) is 0 Å². The van der Waals surface area contributed by atoms with Gasteiger partial charge in [-0.3, -0.25) is 0 Å². The standard InChI is InChI=1S/C11H10BrF/c1-3-5-9(12)11-8(2)6-4-7-10(11)13/h3-7H,1H2,2H3/b9-5+. The molecular weight excluding hydrogens is 231 g/mol. The van der Waals surface area contributed by atoms with Crippen LogP contribution >= 0.6 is 15.9 Å². The van der Waals surface area contributed by atoms with Gasteiger partial charge in [0.2, 0.25) is 0 Å². The van der Waals surface area contributed by atoms with Crippen LogP contribution in [0.2, 0.25) is 0 Å². The first-order valence-electron chi connectivity index (χ1n) is 3.90. The highest BCUT2D eigenvalue weighted by atomic mass is 79.9. The minimum atomic E-state index is -0.218. The van der Waals surface area contributed by atoms with Gasteiger partial charge in [0.1, 0.15) is 5.82 Å². The van der Waals surface area contributed by atoms with Crippen molar-refractivity contribution in [1.82, 2.24) is 0 Å². The summed E-state index contributed by atoms with van der Waals surface area (Å²) in [5, 5.41) is 0. The monoisotopic (exact) mass is 240 g/mol. The molecule has 13 heavy (non-hydrogen) atoms. The normalized spacial score (nSPS) is 11.5. The molecule has 0 aromatic heterocycles. The number of hydrogen-bond acceptors (Lipinski definition) is 0. The van der Waals surface area contributed by atoms with Crippen LogP contribution in [0.25, 0.3) is 4.48 Å². The van der Waals surface area contributed by atoms with Crippen LogP contribution in [0.15, 0.2) is 36.9 Å². The van der Waals surface area contributed by atoms with Gasteiger partial charge in [0.15, 0.2) is 0 Å². The second-order valence-corrected chi connectivity index (χ2v) is 3.54. The molecule has 0 amide bonds. The highest BCUT2D eigenvalue weighted by molar-refractivity contribution is 9.15. The predicted molar refractivity (Wildman–Crippen MR) is 58.2 cm³/mol. The number of benzene rings is 1. The quantitative estimate of drug-likeness (QED) is 0.685.